The fraction of sp³-hybridized carbons (Fsp3) is 0.118. The molecular weight excluding hydrogens is 360 g/mol. The molecule has 0 atom stereocenters. The van der Waals surface area contributed by atoms with E-state index >= 15 is 0 Å². The van der Waals surface area contributed by atoms with Crippen LogP contribution in [-0.2, 0) is 11.3 Å². The summed E-state index contributed by atoms with van der Waals surface area (Å²) >= 11 is 7.34. The number of nitrogens with zero attached hydrogens (tertiary/aromatic N) is 3. The summed E-state index contributed by atoms with van der Waals surface area (Å²) in [5, 5.41) is 19.7. The summed E-state index contributed by atoms with van der Waals surface area (Å²) in [5.41, 5.74) is 0.912. The van der Waals surface area contributed by atoms with Crippen LogP contribution in [0.25, 0.3) is 0 Å². The van der Waals surface area contributed by atoms with Crippen molar-refractivity contribution < 1.29 is 9.52 Å². The third kappa shape index (κ3) is 4.52. The lowest BCUT2D eigenvalue weighted by atomic mass is 10.2. The van der Waals surface area contributed by atoms with E-state index in [4.69, 9.17) is 11.6 Å². The number of carbonyl (C=O) groups is 1. The number of thioether (sulfide) groups is 1. The molecule has 0 aliphatic rings. The van der Waals surface area contributed by atoms with E-state index in [1.807, 2.05) is 24.3 Å². The first kappa shape index (κ1) is 17.3. The van der Waals surface area contributed by atoms with E-state index in [1.54, 1.807) is 35.1 Å². The first-order valence-electron chi connectivity index (χ1n) is 7.49. The Morgan fingerprint density at radius 3 is 2.84 bits per heavy atom. The molecule has 2 aromatic heterocycles. The van der Waals surface area contributed by atoms with Crippen molar-refractivity contribution in [3.8, 4) is 0 Å². The lowest BCUT2D eigenvalue weighted by Gasteiger charge is -2.10. The number of hydrogen-bond donors (Lipinski definition) is 1. The van der Waals surface area contributed by atoms with Crippen molar-refractivity contribution >= 4 is 35.1 Å². The second-order valence-electron chi connectivity index (χ2n) is 5.17. The molecule has 6 nitrogen and oxygen atoms in total. The Kier molecular flexibility index (Phi) is 5.57. The van der Waals surface area contributed by atoms with Gasteiger partial charge in [-0.3, -0.25) is 4.79 Å². The normalized spacial score (nSPS) is 10.6. The number of aromatic nitrogens is 3. The Morgan fingerprint density at radius 1 is 1.24 bits per heavy atom. The van der Waals surface area contributed by atoms with Gasteiger partial charge in [0.2, 0.25) is 5.91 Å². The maximum absolute atomic E-state index is 12.2. The predicted molar refractivity (Wildman–Crippen MR) is 97.5 cm³/mol. The highest BCUT2D eigenvalue weighted by atomic mass is 35.5. The van der Waals surface area contributed by atoms with Crippen LogP contribution in [0.1, 0.15) is 5.56 Å². The molecule has 8 heteroatoms. The number of halogens is 1. The van der Waals surface area contributed by atoms with Gasteiger partial charge in [-0.15, -0.1) is 0 Å². The van der Waals surface area contributed by atoms with Gasteiger partial charge in [0.1, 0.15) is 5.82 Å². The summed E-state index contributed by atoms with van der Waals surface area (Å²) in [4.78, 5) is 12.2. The quantitative estimate of drug-likeness (QED) is 0.409. The monoisotopic (exact) mass is 374 g/mol. The van der Waals surface area contributed by atoms with E-state index in [9.17, 15) is 10.0 Å². The molecule has 0 saturated heterocycles. The molecule has 1 N–H and O–H groups in total. The summed E-state index contributed by atoms with van der Waals surface area (Å²) in [6.07, 6.45) is 3.02. The number of anilines is 1. The minimum atomic E-state index is -0.213. The molecular formula is C17H15ClN4O2S. The Balaban J connectivity index is 1.62. The zero-order valence-electron chi connectivity index (χ0n) is 13.1. The SMILES string of the molecule is O=C(CSc1cccc[n+]1[O-])Nc1ccnn1Cc1ccccc1Cl. The van der Waals surface area contributed by atoms with E-state index in [-0.39, 0.29) is 11.7 Å². The number of rotatable bonds is 6. The number of hydrogen-bond acceptors (Lipinski definition) is 4. The number of amides is 1. The molecule has 3 aromatic rings. The van der Waals surface area contributed by atoms with Crippen LogP contribution in [0.15, 0.2) is 66.0 Å². The van der Waals surface area contributed by atoms with Crippen LogP contribution in [0.3, 0.4) is 0 Å². The van der Waals surface area contributed by atoms with Crippen molar-refractivity contribution in [2.45, 2.75) is 11.6 Å². The third-order valence-electron chi connectivity index (χ3n) is 3.40. The van der Waals surface area contributed by atoms with Crippen LogP contribution >= 0.6 is 23.4 Å². The Bertz CT molecular complexity index is 884. The van der Waals surface area contributed by atoms with E-state index in [1.165, 1.54) is 18.0 Å². The number of nitrogens with one attached hydrogen (secondary N) is 1. The lowest BCUT2D eigenvalue weighted by Crippen LogP contribution is -2.28. The number of pyridine rings is 1. The summed E-state index contributed by atoms with van der Waals surface area (Å²) in [6.45, 7) is 0.453. The van der Waals surface area contributed by atoms with Crippen molar-refractivity contribution in [3.05, 3.63) is 76.7 Å². The molecule has 0 saturated carbocycles. The molecule has 128 valence electrons. The molecule has 0 radical (unpaired) electrons. The maximum Gasteiger partial charge on any atom is 0.251 e. The lowest BCUT2D eigenvalue weighted by molar-refractivity contribution is -0.645. The Hall–Kier alpha value is -2.51. The summed E-state index contributed by atoms with van der Waals surface area (Å²) < 4.78 is 2.40. The van der Waals surface area contributed by atoms with Gasteiger partial charge < -0.3 is 10.5 Å². The van der Waals surface area contributed by atoms with E-state index in [0.29, 0.717) is 22.4 Å². The highest BCUT2D eigenvalue weighted by Crippen LogP contribution is 2.18. The van der Waals surface area contributed by atoms with Gasteiger partial charge in [0.15, 0.2) is 6.20 Å². The van der Waals surface area contributed by atoms with Crippen LogP contribution in [0.5, 0.6) is 0 Å². The maximum atomic E-state index is 12.2. The van der Waals surface area contributed by atoms with E-state index in [2.05, 4.69) is 10.4 Å². The fourth-order valence-electron chi connectivity index (χ4n) is 2.20. The topological polar surface area (TPSA) is 73.9 Å². The molecule has 0 spiro atoms. The van der Waals surface area contributed by atoms with Crippen LogP contribution < -0.4 is 10.0 Å². The van der Waals surface area contributed by atoms with Gasteiger partial charge >= 0.3 is 0 Å². The Morgan fingerprint density at radius 2 is 2.04 bits per heavy atom. The summed E-state index contributed by atoms with van der Waals surface area (Å²) in [7, 11) is 0. The van der Waals surface area contributed by atoms with E-state index in [0.717, 1.165) is 10.3 Å². The van der Waals surface area contributed by atoms with Gasteiger partial charge in [-0.25, -0.2) is 4.68 Å². The van der Waals surface area contributed by atoms with Gasteiger partial charge in [-0.05, 0) is 29.5 Å². The number of carbonyl (C=O) groups excluding carboxylic acids is 1. The van der Waals surface area contributed by atoms with Crippen molar-refractivity contribution in [2.24, 2.45) is 0 Å². The smallest absolute Gasteiger partial charge is 0.251 e. The third-order valence-corrected chi connectivity index (χ3v) is 4.79. The second kappa shape index (κ2) is 8.04. The van der Waals surface area contributed by atoms with Gasteiger partial charge in [-0.2, -0.15) is 9.83 Å². The molecule has 1 aromatic carbocycles. The standard InChI is InChI=1S/C17H15ClN4O2S/c18-14-6-2-1-5-13(14)11-21-15(8-9-19-21)20-16(23)12-25-17-7-3-4-10-22(17)24/h1-10H,11-12H2,(H,20,23). The molecule has 3 rings (SSSR count). The zero-order chi connectivity index (χ0) is 17.6. The van der Waals surface area contributed by atoms with Crippen molar-refractivity contribution in [2.75, 3.05) is 11.1 Å². The molecule has 2 heterocycles. The van der Waals surface area contributed by atoms with E-state index < -0.39 is 0 Å². The number of benzene rings is 1. The van der Waals surface area contributed by atoms with Crippen LogP contribution in [0, 0.1) is 5.21 Å². The van der Waals surface area contributed by atoms with Crippen molar-refractivity contribution in [1.29, 1.82) is 0 Å². The second-order valence-corrected chi connectivity index (χ2v) is 6.57. The molecule has 0 fully saturated rings. The molecule has 1 amide bonds. The minimum Gasteiger partial charge on any atom is -0.618 e. The van der Waals surface area contributed by atoms with Crippen LogP contribution in [0.2, 0.25) is 5.02 Å². The largest absolute Gasteiger partial charge is 0.618 e. The van der Waals surface area contributed by atoms with Crippen molar-refractivity contribution in [1.82, 2.24) is 9.78 Å². The van der Waals surface area contributed by atoms with Gasteiger partial charge in [0, 0.05) is 23.2 Å². The molecule has 25 heavy (non-hydrogen) atoms. The summed E-state index contributed by atoms with van der Waals surface area (Å²) in [5.74, 6) is 0.493. The molecule has 0 unspecified atom stereocenters. The fourth-order valence-corrected chi connectivity index (χ4v) is 3.11. The first-order valence-corrected chi connectivity index (χ1v) is 8.86. The molecule has 0 bridgehead atoms. The minimum absolute atomic E-state index is 0.128. The molecule has 0 aliphatic heterocycles. The van der Waals surface area contributed by atoms with Crippen LogP contribution in [-0.4, -0.2) is 21.4 Å². The van der Waals surface area contributed by atoms with Crippen LogP contribution in [0.4, 0.5) is 5.82 Å². The first-order chi connectivity index (χ1) is 12.1. The van der Waals surface area contributed by atoms with Crippen molar-refractivity contribution in [3.63, 3.8) is 0 Å². The highest BCUT2D eigenvalue weighted by Gasteiger charge is 2.12. The van der Waals surface area contributed by atoms with Gasteiger partial charge in [0.25, 0.3) is 5.03 Å². The zero-order valence-corrected chi connectivity index (χ0v) is 14.7. The highest BCUT2D eigenvalue weighted by molar-refractivity contribution is 7.99. The van der Waals surface area contributed by atoms with Gasteiger partial charge in [0.05, 0.1) is 18.5 Å². The average Bonchev–Trinajstić information content (AvgIpc) is 3.03. The van der Waals surface area contributed by atoms with Gasteiger partial charge in [-0.1, -0.05) is 29.8 Å². The average molecular weight is 375 g/mol. The molecule has 0 aliphatic carbocycles. The predicted octanol–water partition coefficient (Wildman–Crippen LogP) is 2.95. The Labute approximate surface area is 154 Å². The summed E-state index contributed by atoms with van der Waals surface area (Å²) in [6, 6.07) is 14.3.